The molecular formula is C11H8ClNO4S. The molecule has 0 fully saturated rings. The number of thiophene rings is 1. The number of hydrogen-bond donors (Lipinski definition) is 2. The zero-order valence-electron chi connectivity index (χ0n) is 9.19. The van der Waals surface area contributed by atoms with E-state index in [0.29, 0.717) is 0 Å². The van der Waals surface area contributed by atoms with Gasteiger partial charge in [0.25, 0.3) is 5.91 Å². The Morgan fingerprint density at radius 2 is 2.17 bits per heavy atom. The van der Waals surface area contributed by atoms with Gasteiger partial charge in [0.2, 0.25) is 5.22 Å². The molecule has 0 atom stereocenters. The van der Waals surface area contributed by atoms with Gasteiger partial charge in [-0.2, -0.15) is 0 Å². The Balaban J connectivity index is 2.27. The topological polar surface area (TPSA) is 79.5 Å². The van der Waals surface area contributed by atoms with E-state index >= 15 is 0 Å². The highest BCUT2D eigenvalue weighted by atomic mass is 35.5. The summed E-state index contributed by atoms with van der Waals surface area (Å²) in [6.45, 7) is 1.76. The second-order valence-electron chi connectivity index (χ2n) is 3.47. The lowest BCUT2D eigenvalue weighted by molar-refractivity contribution is 0.0698. The fourth-order valence-electron chi connectivity index (χ4n) is 1.39. The first-order valence-corrected chi connectivity index (χ1v) is 6.06. The zero-order valence-corrected chi connectivity index (χ0v) is 10.8. The van der Waals surface area contributed by atoms with Gasteiger partial charge in [-0.1, -0.05) is 0 Å². The molecule has 0 radical (unpaired) electrons. The second-order valence-corrected chi connectivity index (χ2v) is 5.07. The predicted octanol–water partition coefficient (Wildman–Crippen LogP) is 3.25. The summed E-state index contributed by atoms with van der Waals surface area (Å²) in [4.78, 5) is 23.6. The highest BCUT2D eigenvalue weighted by Crippen LogP contribution is 2.28. The Bertz CT molecular complexity index is 616. The van der Waals surface area contributed by atoms with Crippen LogP contribution >= 0.6 is 22.9 Å². The monoisotopic (exact) mass is 285 g/mol. The summed E-state index contributed by atoms with van der Waals surface area (Å²) in [5.74, 6) is -1.59. The van der Waals surface area contributed by atoms with E-state index in [0.717, 1.165) is 4.88 Å². The molecule has 0 unspecified atom stereocenters. The summed E-state index contributed by atoms with van der Waals surface area (Å²) in [5.41, 5.74) is 0.226. The van der Waals surface area contributed by atoms with Gasteiger partial charge in [0.1, 0.15) is 5.00 Å². The minimum Gasteiger partial charge on any atom is -0.478 e. The molecule has 2 N–H and O–H groups in total. The molecule has 0 spiro atoms. The molecule has 5 nitrogen and oxygen atoms in total. The predicted molar refractivity (Wildman–Crippen MR) is 67.7 cm³/mol. The number of rotatable bonds is 3. The maximum absolute atomic E-state index is 11.8. The van der Waals surface area contributed by atoms with E-state index in [1.54, 1.807) is 6.92 Å². The number of carbonyl (C=O) groups excluding carboxylic acids is 1. The first-order valence-electron chi connectivity index (χ1n) is 4.87. The largest absolute Gasteiger partial charge is 0.478 e. The van der Waals surface area contributed by atoms with Crippen LogP contribution in [0.5, 0.6) is 0 Å². The van der Waals surface area contributed by atoms with E-state index in [4.69, 9.17) is 21.1 Å². The molecule has 2 aromatic rings. The van der Waals surface area contributed by atoms with Gasteiger partial charge in [0.05, 0.1) is 17.4 Å². The van der Waals surface area contributed by atoms with Gasteiger partial charge in [-0.05, 0) is 30.7 Å². The molecule has 1 amide bonds. The molecule has 0 saturated carbocycles. The Hall–Kier alpha value is -1.79. The van der Waals surface area contributed by atoms with Crippen molar-refractivity contribution in [1.82, 2.24) is 0 Å². The molecule has 0 bridgehead atoms. The van der Waals surface area contributed by atoms with Crippen LogP contribution in [0.15, 0.2) is 22.8 Å². The second kappa shape index (κ2) is 4.83. The summed E-state index contributed by atoms with van der Waals surface area (Å²) in [6.07, 6.45) is 1.29. The molecule has 0 saturated heterocycles. The third kappa shape index (κ3) is 2.39. The van der Waals surface area contributed by atoms with Gasteiger partial charge >= 0.3 is 5.97 Å². The number of anilines is 1. The minimum atomic E-state index is -1.09. The number of hydrogen-bond acceptors (Lipinski definition) is 4. The van der Waals surface area contributed by atoms with Crippen LogP contribution in [-0.2, 0) is 0 Å². The minimum absolute atomic E-state index is 0.0300. The van der Waals surface area contributed by atoms with Gasteiger partial charge < -0.3 is 14.8 Å². The molecule has 7 heteroatoms. The Kier molecular flexibility index (Phi) is 3.40. The fourth-order valence-corrected chi connectivity index (χ4v) is 2.49. The van der Waals surface area contributed by atoms with Crippen molar-refractivity contribution in [2.45, 2.75) is 6.92 Å². The number of carbonyl (C=O) groups is 2. The van der Waals surface area contributed by atoms with Crippen LogP contribution in [0.2, 0.25) is 5.22 Å². The van der Waals surface area contributed by atoms with Crippen LogP contribution in [-0.4, -0.2) is 17.0 Å². The molecule has 18 heavy (non-hydrogen) atoms. The van der Waals surface area contributed by atoms with Gasteiger partial charge in [0, 0.05) is 4.88 Å². The number of carboxylic acid groups (broad SMARTS) is 1. The SMILES string of the molecule is Cc1cc(C(=O)O)c(NC(=O)c2ccoc2Cl)s1. The number of halogens is 1. The molecule has 2 heterocycles. The molecule has 0 aliphatic carbocycles. The van der Waals surface area contributed by atoms with Crippen LogP contribution in [0.4, 0.5) is 5.00 Å². The molecule has 0 aliphatic heterocycles. The van der Waals surface area contributed by atoms with E-state index in [-0.39, 0.29) is 21.3 Å². The van der Waals surface area contributed by atoms with Crippen molar-refractivity contribution in [2.75, 3.05) is 5.32 Å². The summed E-state index contributed by atoms with van der Waals surface area (Å²) in [6, 6.07) is 2.91. The molecule has 2 rings (SSSR count). The van der Waals surface area contributed by atoms with E-state index in [9.17, 15) is 9.59 Å². The van der Waals surface area contributed by atoms with Crippen LogP contribution in [0.3, 0.4) is 0 Å². The van der Waals surface area contributed by atoms with Gasteiger partial charge in [-0.15, -0.1) is 11.3 Å². The van der Waals surface area contributed by atoms with E-state index < -0.39 is 11.9 Å². The van der Waals surface area contributed by atoms with Crippen molar-refractivity contribution in [3.63, 3.8) is 0 Å². The maximum Gasteiger partial charge on any atom is 0.338 e. The Morgan fingerprint density at radius 1 is 1.44 bits per heavy atom. The quantitative estimate of drug-likeness (QED) is 0.907. The summed E-state index contributed by atoms with van der Waals surface area (Å²) in [7, 11) is 0. The number of aromatic carboxylic acids is 1. The molecular weight excluding hydrogens is 278 g/mol. The zero-order chi connectivity index (χ0) is 13.3. The molecule has 0 aromatic carbocycles. The average molecular weight is 286 g/mol. The number of furan rings is 1. The van der Waals surface area contributed by atoms with Crippen LogP contribution in [0.25, 0.3) is 0 Å². The molecule has 0 aliphatic rings. The van der Waals surface area contributed by atoms with Crippen molar-refractivity contribution in [1.29, 1.82) is 0 Å². The van der Waals surface area contributed by atoms with Crippen LogP contribution in [0.1, 0.15) is 25.6 Å². The van der Waals surface area contributed by atoms with E-state index in [2.05, 4.69) is 5.32 Å². The Labute approximate surface area is 111 Å². The molecule has 94 valence electrons. The van der Waals surface area contributed by atoms with Crippen molar-refractivity contribution >= 4 is 39.8 Å². The lowest BCUT2D eigenvalue weighted by Gasteiger charge is -2.02. The van der Waals surface area contributed by atoms with Crippen LogP contribution in [0, 0.1) is 6.92 Å². The maximum atomic E-state index is 11.8. The lowest BCUT2D eigenvalue weighted by atomic mass is 10.3. The van der Waals surface area contributed by atoms with Gasteiger partial charge in [0.15, 0.2) is 0 Å². The third-order valence-corrected chi connectivity index (χ3v) is 3.43. The van der Waals surface area contributed by atoms with Crippen molar-refractivity contribution in [3.05, 3.63) is 39.6 Å². The van der Waals surface area contributed by atoms with Crippen molar-refractivity contribution in [2.24, 2.45) is 0 Å². The number of carboxylic acids is 1. The number of amides is 1. The fraction of sp³-hybridized carbons (Fsp3) is 0.0909. The van der Waals surface area contributed by atoms with Crippen molar-refractivity contribution < 1.29 is 19.1 Å². The highest BCUT2D eigenvalue weighted by molar-refractivity contribution is 7.16. The van der Waals surface area contributed by atoms with Crippen molar-refractivity contribution in [3.8, 4) is 0 Å². The van der Waals surface area contributed by atoms with E-state index in [1.807, 2.05) is 0 Å². The standard InChI is InChI=1S/C11H8ClNO4S/c1-5-4-7(11(15)16)10(18-5)13-9(14)6-2-3-17-8(6)12/h2-4H,1H3,(H,13,14)(H,15,16). The van der Waals surface area contributed by atoms with Gasteiger partial charge in [-0.25, -0.2) is 4.79 Å². The highest BCUT2D eigenvalue weighted by Gasteiger charge is 2.19. The number of nitrogens with one attached hydrogen (secondary N) is 1. The summed E-state index contributed by atoms with van der Waals surface area (Å²) in [5, 5.41) is 11.7. The van der Waals surface area contributed by atoms with E-state index in [1.165, 1.54) is 29.7 Å². The Morgan fingerprint density at radius 3 is 2.72 bits per heavy atom. The lowest BCUT2D eigenvalue weighted by Crippen LogP contribution is -2.12. The van der Waals surface area contributed by atoms with Gasteiger partial charge in [-0.3, -0.25) is 4.79 Å². The van der Waals surface area contributed by atoms with Crippen LogP contribution < -0.4 is 5.32 Å². The first kappa shape index (κ1) is 12.7. The third-order valence-electron chi connectivity index (χ3n) is 2.18. The average Bonchev–Trinajstić information content (AvgIpc) is 2.84. The summed E-state index contributed by atoms with van der Waals surface area (Å²) < 4.78 is 4.80. The molecule has 2 aromatic heterocycles. The summed E-state index contributed by atoms with van der Waals surface area (Å²) >= 11 is 6.86. The normalized spacial score (nSPS) is 10.3. The number of aryl methyl sites for hydroxylation is 1. The smallest absolute Gasteiger partial charge is 0.338 e. The first-order chi connectivity index (χ1) is 8.49.